The van der Waals surface area contributed by atoms with Gasteiger partial charge in [-0.1, -0.05) is 210 Å². The van der Waals surface area contributed by atoms with Crippen molar-refractivity contribution in [3.05, 3.63) is 216 Å². The van der Waals surface area contributed by atoms with E-state index >= 15 is 0 Å². The van der Waals surface area contributed by atoms with E-state index in [1.54, 1.807) is 0 Å². The molecule has 0 saturated carbocycles. The van der Waals surface area contributed by atoms with Crippen LogP contribution in [0.4, 0.5) is 22.7 Å². The van der Waals surface area contributed by atoms with Crippen LogP contribution in [-0.2, 0) is 21.7 Å². The molecule has 0 saturated heterocycles. The minimum absolute atomic E-state index is 0.0210. The van der Waals surface area contributed by atoms with Gasteiger partial charge in [0.2, 0.25) is 0 Å². The predicted octanol–water partition coefficient (Wildman–Crippen LogP) is 19.4. The Labute approximate surface area is 450 Å². The number of rotatable bonds is 8. The number of ether oxygens (including phenoxy) is 1. The standard InChI is InChI=1S/C70H70N4O/c1-67(2,3)49-33-31-48(32-34-49)57-23-18-22-56(47-29-27-46(28-30-47)55-38-35-50(68(4,5)6)41-60(55)70(10,11)12)66(57)73-45-72(62-25-15-16-26-63(62)73)52-19-17-20-53(42-52)75-54-37-39-59-58-21-13-14-24-61(58)74(64(59)43-54)65-40-36-51(44-71-65)69(7,8)9/h13-44H,45H2,1-12H3/i27D,28D,29D,30D. The number of pyridine rings is 1. The van der Waals surface area contributed by atoms with Gasteiger partial charge in [0, 0.05) is 45.9 Å². The lowest BCUT2D eigenvalue weighted by molar-refractivity contribution is 0.483. The lowest BCUT2D eigenvalue weighted by Gasteiger charge is -2.28. The van der Waals surface area contributed by atoms with Gasteiger partial charge in [-0.25, -0.2) is 4.98 Å². The Bertz CT molecular complexity index is 3970. The third-order valence-electron chi connectivity index (χ3n) is 14.8. The molecule has 376 valence electrons. The van der Waals surface area contributed by atoms with Gasteiger partial charge in [-0.05, 0) is 115 Å². The quantitative estimate of drug-likeness (QED) is 0.152. The Morgan fingerprint density at radius 2 is 1.01 bits per heavy atom. The first-order chi connectivity index (χ1) is 37.4. The van der Waals surface area contributed by atoms with Crippen molar-refractivity contribution in [1.29, 1.82) is 0 Å². The fraction of sp³-hybridized carbons (Fsp3) is 0.243. The maximum atomic E-state index is 9.92. The van der Waals surface area contributed by atoms with Gasteiger partial charge >= 0.3 is 0 Å². The smallest absolute Gasteiger partial charge is 0.137 e. The van der Waals surface area contributed by atoms with Gasteiger partial charge < -0.3 is 14.5 Å². The highest BCUT2D eigenvalue weighted by Crippen LogP contribution is 2.51. The van der Waals surface area contributed by atoms with Crippen molar-refractivity contribution in [2.75, 3.05) is 16.5 Å². The highest BCUT2D eigenvalue weighted by Gasteiger charge is 2.32. The first-order valence-corrected chi connectivity index (χ1v) is 26.3. The zero-order valence-electron chi connectivity index (χ0n) is 49.6. The molecule has 2 aromatic heterocycles. The van der Waals surface area contributed by atoms with Gasteiger partial charge in [0.25, 0.3) is 0 Å². The number of aromatic nitrogens is 2. The molecule has 1 aliphatic rings. The highest BCUT2D eigenvalue weighted by molar-refractivity contribution is 6.09. The molecule has 5 heteroatoms. The summed E-state index contributed by atoms with van der Waals surface area (Å²) >= 11 is 0. The van der Waals surface area contributed by atoms with E-state index < -0.39 is 0 Å². The van der Waals surface area contributed by atoms with Crippen LogP contribution in [0.1, 0.15) is 111 Å². The Morgan fingerprint density at radius 3 is 1.67 bits per heavy atom. The summed E-state index contributed by atoms with van der Waals surface area (Å²) in [5.41, 5.74) is 13.5. The van der Waals surface area contributed by atoms with E-state index in [0.717, 1.165) is 78.2 Å². The fourth-order valence-corrected chi connectivity index (χ4v) is 10.5. The third kappa shape index (κ3) is 9.39. The largest absolute Gasteiger partial charge is 0.457 e. The van der Waals surface area contributed by atoms with Crippen LogP contribution in [0.3, 0.4) is 0 Å². The second kappa shape index (κ2) is 18.5. The van der Waals surface area contributed by atoms with E-state index in [-0.39, 0.29) is 51.4 Å². The summed E-state index contributed by atoms with van der Waals surface area (Å²) in [5.74, 6) is 2.21. The minimum Gasteiger partial charge on any atom is -0.457 e. The van der Waals surface area contributed by atoms with E-state index in [0.29, 0.717) is 29.3 Å². The molecule has 0 spiro atoms. The van der Waals surface area contributed by atoms with Crippen molar-refractivity contribution in [3.8, 4) is 50.7 Å². The number of fused-ring (bicyclic) bond motifs is 4. The lowest BCUT2D eigenvalue weighted by Crippen LogP contribution is -2.25. The first-order valence-electron chi connectivity index (χ1n) is 28.3. The molecule has 0 unspecified atom stereocenters. The Morgan fingerprint density at radius 1 is 0.440 bits per heavy atom. The number of para-hydroxylation sites is 4. The summed E-state index contributed by atoms with van der Waals surface area (Å²) < 4.78 is 48.5. The van der Waals surface area contributed by atoms with Crippen molar-refractivity contribution in [1.82, 2.24) is 9.55 Å². The summed E-state index contributed by atoms with van der Waals surface area (Å²) in [6, 6.07) is 56.2. The molecule has 0 radical (unpaired) electrons. The molecule has 0 aliphatic carbocycles. The number of nitrogens with zero attached hydrogens (tertiary/aromatic N) is 4. The van der Waals surface area contributed by atoms with Crippen LogP contribution >= 0.6 is 0 Å². The summed E-state index contributed by atoms with van der Waals surface area (Å²) in [4.78, 5) is 9.53. The first kappa shape index (κ1) is 44.6. The molecule has 11 rings (SSSR count). The maximum Gasteiger partial charge on any atom is 0.137 e. The lowest BCUT2D eigenvalue weighted by atomic mass is 9.77. The Balaban J connectivity index is 1.02. The summed E-state index contributed by atoms with van der Waals surface area (Å²) in [7, 11) is 0. The molecule has 0 amide bonds. The predicted molar refractivity (Wildman–Crippen MR) is 318 cm³/mol. The second-order valence-corrected chi connectivity index (χ2v) is 24.3. The zero-order valence-corrected chi connectivity index (χ0v) is 45.6. The summed E-state index contributed by atoms with van der Waals surface area (Å²) in [6.07, 6.45) is 1.98. The molecule has 8 aromatic carbocycles. The molecule has 0 bridgehead atoms. The molecule has 75 heavy (non-hydrogen) atoms. The van der Waals surface area contributed by atoms with Crippen molar-refractivity contribution in [3.63, 3.8) is 0 Å². The van der Waals surface area contributed by atoms with Gasteiger partial charge in [-0.3, -0.25) is 4.57 Å². The Kier molecular flexibility index (Phi) is 11.0. The van der Waals surface area contributed by atoms with Gasteiger partial charge in [0.1, 0.15) is 24.0 Å². The molecular weight excluding hydrogens is 913 g/mol. The van der Waals surface area contributed by atoms with Crippen molar-refractivity contribution >= 4 is 44.6 Å². The summed E-state index contributed by atoms with van der Waals surface area (Å²) in [5, 5.41) is 2.25. The Hall–Kier alpha value is -7.89. The second-order valence-electron chi connectivity index (χ2n) is 24.3. The van der Waals surface area contributed by atoms with Gasteiger partial charge in [0.15, 0.2) is 0 Å². The van der Waals surface area contributed by atoms with Gasteiger partial charge in [-0.2, -0.15) is 0 Å². The minimum atomic E-state index is -0.336. The van der Waals surface area contributed by atoms with E-state index in [9.17, 15) is 5.48 Å². The number of anilines is 4. The molecular formula is C70H70N4O. The number of hydrogen-bond acceptors (Lipinski definition) is 4. The number of benzene rings is 8. The highest BCUT2D eigenvalue weighted by atomic mass is 16.5. The van der Waals surface area contributed by atoms with Crippen LogP contribution in [-0.4, -0.2) is 16.2 Å². The normalized spacial score (nSPS) is 14.0. The van der Waals surface area contributed by atoms with E-state index in [2.05, 4.69) is 219 Å². The average molecular weight is 987 g/mol. The topological polar surface area (TPSA) is 33.5 Å². The molecule has 3 heterocycles. The molecule has 0 N–H and O–H groups in total. The van der Waals surface area contributed by atoms with E-state index in [1.807, 2.05) is 48.7 Å². The van der Waals surface area contributed by atoms with Crippen LogP contribution in [0.25, 0.3) is 61.0 Å². The third-order valence-corrected chi connectivity index (χ3v) is 14.8. The van der Waals surface area contributed by atoms with E-state index in [1.165, 1.54) is 11.1 Å². The van der Waals surface area contributed by atoms with Crippen LogP contribution < -0.4 is 14.5 Å². The van der Waals surface area contributed by atoms with E-state index in [4.69, 9.17) is 9.72 Å². The number of hydrogen-bond donors (Lipinski definition) is 0. The molecule has 1 aliphatic heterocycles. The van der Waals surface area contributed by atoms with Crippen LogP contribution in [0.15, 0.2) is 194 Å². The van der Waals surface area contributed by atoms with Crippen molar-refractivity contribution in [2.24, 2.45) is 0 Å². The van der Waals surface area contributed by atoms with Gasteiger partial charge in [0.05, 0.1) is 33.6 Å². The molecule has 0 atom stereocenters. The molecule has 0 fully saturated rings. The van der Waals surface area contributed by atoms with Crippen LogP contribution in [0.2, 0.25) is 0 Å². The van der Waals surface area contributed by atoms with Gasteiger partial charge in [-0.15, -0.1) is 0 Å². The average Bonchev–Trinajstić information content (AvgIpc) is 4.14. The van der Waals surface area contributed by atoms with Crippen LogP contribution in [0.5, 0.6) is 11.5 Å². The van der Waals surface area contributed by atoms with Crippen LogP contribution in [0, 0.1) is 0 Å². The SMILES string of the molecule is [2H]c1c([2H])c(-c2cccc(-c3ccc(C(C)(C)C)cc3)c2N2CN(c3cccc(Oc4ccc5c6ccccc6n(-c6ccc(C(C)(C)C)cn6)c5c4)c3)c3ccccc32)c([2H])c([2H])c1-c1ccc(C(C)(C)C)cc1C(C)(C)C. The summed E-state index contributed by atoms with van der Waals surface area (Å²) in [6.45, 7) is 26.6. The van der Waals surface area contributed by atoms with Crippen molar-refractivity contribution in [2.45, 2.75) is 105 Å². The zero-order chi connectivity index (χ0) is 56.1. The molecule has 10 aromatic rings. The van der Waals surface area contributed by atoms with Crippen molar-refractivity contribution < 1.29 is 10.2 Å². The molecule has 5 nitrogen and oxygen atoms in total. The fourth-order valence-electron chi connectivity index (χ4n) is 10.5. The monoisotopic (exact) mass is 987 g/mol. The maximum absolute atomic E-state index is 9.92.